The number of hydrogen-bond donors (Lipinski definition) is 1. The summed E-state index contributed by atoms with van der Waals surface area (Å²) < 4.78 is 5.72. The topological polar surface area (TPSA) is 84.0 Å². The van der Waals surface area contributed by atoms with Crippen LogP contribution in [0.3, 0.4) is 0 Å². The molecular weight excluding hydrogens is 410 g/mol. The van der Waals surface area contributed by atoms with Crippen molar-refractivity contribution in [2.75, 3.05) is 19.7 Å². The molecule has 7 nitrogen and oxygen atoms in total. The van der Waals surface area contributed by atoms with Gasteiger partial charge >= 0.3 is 0 Å². The normalized spacial score (nSPS) is 17.1. The van der Waals surface area contributed by atoms with Gasteiger partial charge in [-0.2, -0.15) is 5.10 Å². The fourth-order valence-electron chi connectivity index (χ4n) is 4.10. The first-order valence-corrected chi connectivity index (χ1v) is 12.0. The number of hydrogen-bond acceptors (Lipinski definition) is 6. The van der Waals surface area contributed by atoms with E-state index in [1.165, 1.54) is 12.8 Å². The molecule has 3 heterocycles. The van der Waals surface area contributed by atoms with E-state index < -0.39 is 0 Å². The Morgan fingerprint density at radius 2 is 1.97 bits per heavy atom. The minimum atomic E-state index is 0.143. The average Bonchev–Trinajstić information content (AvgIpc) is 3.34. The number of amides is 1. The Labute approximate surface area is 185 Å². The second kappa shape index (κ2) is 8.78. The molecule has 1 aromatic carbocycles. The molecule has 5 rings (SSSR count). The lowest BCUT2D eigenvalue weighted by Gasteiger charge is -2.30. The molecule has 1 aliphatic heterocycles. The number of nitrogens with zero attached hydrogens (tertiary/aromatic N) is 4. The van der Waals surface area contributed by atoms with Crippen molar-refractivity contribution in [2.45, 2.75) is 50.9 Å². The molecule has 0 atom stereocenters. The van der Waals surface area contributed by atoms with Crippen molar-refractivity contribution in [1.82, 2.24) is 25.1 Å². The maximum absolute atomic E-state index is 12.9. The van der Waals surface area contributed by atoms with Gasteiger partial charge in [0, 0.05) is 30.3 Å². The quantitative estimate of drug-likeness (QED) is 0.600. The number of likely N-dealkylation sites (tertiary alicyclic amines) is 1. The Bertz CT molecular complexity index is 1050. The number of rotatable bonds is 7. The molecule has 2 aromatic heterocycles. The Kier molecular flexibility index (Phi) is 5.72. The molecule has 0 bridgehead atoms. The molecule has 162 valence electrons. The molecule has 8 heteroatoms. The summed E-state index contributed by atoms with van der Waals surface area (Å²) in [4.78, 5) is 24.2. The molecule has 0 unspecified atom stereocenters. The van der Waals surface area contributed by atoms with Gasteiger partial charge in [-0.05, 0) is 44.7 Å². The molecule has 1 N–H and O–H groups in total. The van der Waals surface area contributed by atoms with Crippen molar-refractivity contribution in [3.8, 4) is 16.3 Å². The lowest BCUT2D eigenvalue weighted by atomic mass is 9.96. The number of ether oxygens (including phenoxy) is 1. The fraction of sp³-hybridized carbons (Fsp3) is 0.478. The third-order valence-corrected chi connectivity index (χ3v) is 6.92. The summed E-state index contributed by atoms with van der Waals surface area (Å²) >= 11 is 1.56. The van der Waals surface area contributed by atoms with Gasteiger partial charge in [0.2, 0.25) is 5.91 Å². The Morgan fingerprint density at radius 1 is 1.16 bits per heavy atom. The molecule has 1 amide bonds. The van der Waals surface area contributed by atoms with E-state index in [9.17, 15) is 4.79 Å². The number of aromatic nitrogens is 4. The van der Waals surface area contributed by atoms with Gasteiger partial charge in [0.05, 0.1) is 24.3 Å². The number of aromatic amines is 1. The van der Waals surface area contributed by atoms with Crippen LogP contribution in [0.5, 0.6) is 5.75 Å². The summed E-state index contributed by atoms with van der Waals surface area (Å²) in [7, 11) is 0. The highest BCUT2D eigenvalue weighted by molar-refractivity contribution is 7.13. The first-order valence-electron chi connectivity index (χ1n) is 11.1. The van der Waals surface area contributed by atoms with Crippen molar-refractivity contribution >= 4 is 17.2 Å². The van der Waals surface area contributed by atoms with E-state index in [1.807, 2.05) is 41.5 Å². The van der Waals surface area contributed by atoms with Crippen LogP contribution in [-0.2, 0) is 11.2 Å². The summed E-state index contributed by atoms with van der Waals surface area (Å²) in [5.74, 6) is 3.87. The highest BCUT2D eigenvalue weighted by Gasteiger charge is 2.30. The van der Waals surface area contributed by atoms with Crippen LogP contribution in [0, 0.1) is 0 Å². The number of nitrogens with one attached hydrogen (secondary N) is 1. The molecule has 31 heavy (non-hydrogen) atoms. The van der Waals surface area contributed by atoms with Crippen molar-refractivity contribution in [3.05, 3.63) is 47.0 Å². The Hall–Kier alpha value is -2.74. The van der Waals surface area contributed by atoms with E-state index >= 15 is 0 Å². The molecule has 0 spiro atoms. The van der Waals surface area contributed by atoms with Crippen LogP contribution in [-0.4, -0.2) is 50.7 Å². The predicted octanol–water partition coefficient (Wildman–Crippen LogP) is 4.15. The van der Waals surface area contributed by atoms with Crippen LogP contribution >= 0.6 is 11.3 Å². The van der Waals surface area contributed by atoms with Gasteiger partial charge < -0.3 is 9.64 Å². The van der Waals surface area contributed by atoms with Crippen LogP contribution < -0.4 is 4.74 Å². The summed E-state index contributed by atoms with van der Waals surface area (Å²) in [5.41, 5.74) is 1.80. The van der Waals surface area contributed by atoms with Gasteiger partial charge in [-0.25, -0.2) is 9.97 Å². The summed E-state index contributed by atoms with van der Waals surface area (Å²) in [6, 6.07) is 7.91. The first-order chi connectivity index (χ1) is 15.2. The molecule has 2 fully saturated rings. The number of benzene rings is 1. The SMILES string of the molecule is CCOc1ccccc1-c1nc(CC(=O)N2CCC(c3nc(C4CC4)n[nH]3)CC2)cs1. The first kappa shape index (κ1) is 20.2. The Balaban J connectivity index is 1.18. The zero-order valence-corrected chi connectivity index (χ0v) is 18.5. The molecule has 0 radical (unpaired) electrons. The third kappa shape index (κ3) is 4.49. The maximum Gasteiger partial charge on any atom is 0.228 e. The van der Waals surface area contributed by atoms with Crippen LogP contribution in [0.1, 0.15) is 61.8 Å². The van der Waals surface area contributed by atoms with Gasteiger partial charge in [-0.15, -0.1) is 11.3 Å². The second-order valence-corrected chi connectivity index (χ2v) is 9.12. The van der Waals surface area contributed by atoms with E-state index in [2.05, 4.69) is 10.2 Å². The van der Waals surface area contributed by atoms with E-state index in [1.54, 1.807) is 11.3 Å². The molecule has 1 saturated carbocycles. The van der Waals surface area contributed by atoms with Crippen LogP contribution in [0.2, 0.25) is 0 Å². The highest BCUT2D eigenvalue weighted by atomic mass is 32.1. The summed E-state index contributed by atoms with van der Waals surface area (Å²) in [6.07, 6.45) is 4.61. The van der Waals surface area contributed by atoms with E-state index in [4.69, 9.17) is 14.7 Å². The van der Waals surface area contributed by atoms with Gasteiger partial charge in [-0.3, -0.25) is 9.89 Å². The highest BCUT2D eigenvalue weighted by Crippen LogP contribution is 2.38. The van der Waals surface area contributed by atoms with E-state index in [0.717, 1.165) is 59.6 Å². The van der Waals surface area contributed by atoms with Crippen molar-refractivity contribution in [3.63, 3.8) is 0 Å². The number of H-pyrrole nitrogens is 1. The van der Waals surface area contributed by atoms with Gasteiger partial charge in [0.1, 0.15) is 16.6 Å². The number of carbonyl (C=O) groups excluding carboxylic acids is 1. The number of piperidine rings is 1. The predicted molar refractivity (Wildman–Crippen MR) is 119 cm³/mol. The lowest BCUT2D eigenvalue weighted by Crippen LogP contribution is -2.39. The van der Waals surface area contributed by atoms with Gasteiger partial charge in [0.15, 0.2) is 5.82 Å². The molecule has 3 aromatic rings. The van der Waals surface area contributed by atoms with Crippen molar-refractivity contribution in [2.24, 2.45) is 0 Å². The van der Waals surface area contributed by atoms with E-state index in [0.29, 0.717) is 24.9 Å². The monoisotopic (exact) mass is 437 g/mol. The van der Waals surface area contributed by atoms with E-state index in [-0.39, 0.29) is 5.91 Å². The minimum absolute atomic E-state index is 0.143. The molecule has 1 aliphatic carbocycles. The van der Waals surface area contributed by atoms with Crippen LogP contribution in [0.4, 0.5) is 0 Å². The summed E-state index contributed by atoms with van der Waals surface area (Å²) in [5, 5.41) is 10.4. The molecular formula is C23H27N5O2S. The smallest absolute Gasteiger partial charge is 0.228 e. The zero-order chi connectivity index (χ0) is 21.2. The van der Waals surface area contributed by atoms with Gasteiger partial charge in [-0.1, -0.05) is 12.1 Å². The third-order valence-electron chi connectivity index (χ3n) is 6.00. The summed E-state index contributed by atoms with van der Waals surface area (Å²) in [6.45, 7) is 4.10. The lowest BCUT2D eigenvalue weighted by molar-refractivity contribution is -0.131. The van der Waals surface area contributed by atoms with Crippen LogP contribution in [0.25, 0.3) is 10.6 Å². The maximum atomic E-state index is 12.9. The second-order valence-electron chi connectivity index (χ2n) is 8.26. The van der Waals surface area contributed by atoms with Crippen molar-refractivity contribution < 1.29 is 9.53 Å². The Morgan fingerprint density at radius 3 is 2.74 bits per heavy atom. The molecule has 1 saturated heterocycles. The number of thiazole rings is 1. The average molecular weight is 438 g/mol. The van der Waals surface area contributed by atoms with Gasteiger partial charge in [0.25, 0.3) is 0 Å². The largest absolute Gasteiger partial charge is 0.493 e. The standard InChI is InChI=1S/C23H27N5O2S/c1-2-30-19-6-4-3-5-18(19)23-24-17(14-31-23)13-20(29)28-11-9-16(10-12-28)22-25-21(26-27-22)15-7-8-15/h3-6,14-16H,2,7-13H2,1H3,(H,25,26,27). The van der Waals surface area contributed by atoms with Crippen LogP contribution in [0.15, 0.2) is 29.6 Å². The van der Waals surface area contributed by atoms with Crippen molar-refractivity contribution in [1.29, 1.82) is 0 Å². The zero-order valence-electron chi connectivity index (χ0n) is 17.7. The fourth-order valence-corrected chi connectivity index (χ4v) is 4.95. The number of carbonyl (C=O) groups is 1. The molecule has 2 aliphatic rings. The number of para-hydroxylation sites is 1. The minimum Gasteiger partial charge on any atom is -0.493 e.